The quantitative estimate of drug-likeness (QED) is 0.439. The van der Waals surface area contributed by atoms with Crippen molar-refractivity contribution < 1.29 is 14.6 Å². The number of anilines is 2. The molecular formula is C23H21N3O3S2. The SMILES string of the molecule is COc1cc2c(cc1O)CCN(C(=O)c1cc3sc(Nc4ccccc4C)nc3s1)C2. The number of hydrogen-bond acceptors (Lipinski definition) is 7. The molecule has 0 aliphatic carbocycles. The molecule has 158 valence electrons. The Morgan fingerprint density at radius 2 is 2.03 bits per heavy atom. The maximum absolute atomic E-state index is 13.1. The van der Waals surface area contributed by atoms with Crippen molar-refractivity contribution in [3.63, 3.8) is 0 Å². The molecule has 2 aromatic heterocycles. The van der Waals surface area contributed by atoms with Crippen molar-refractivity contribution in [2.75, 3.05) is 19.0 Å². The molecule has 2 aromatic carbocycles. The van der Waals surface area contributed by atoms with Gasteiger partial charge in [0, 0.05) is 18.8 Å². The van der Waals surface area contributed by atoms with Gasteiger partial charge in [-0.25, -0.2) is 4.98 Å². The van der Waals surface area contributed by atoms with E-state index in [1.54, 1.807) is 17.4 Å². The summed E-state index contributed by atoms with van der Waals surface area (Å²) in [5, 5.41) is 14.2. The number of fused-ring (bicyclic) bond motifs is 2. The van der Waals surface area contributed by atoms with E-state index in [0.717, 1.165) is 37.0 Å². The van der Waals surface area contributed by atoms with Crippen LogP contribution in [0.1, 0.15) is 26.4 Å². The number of thiazole rings is 1. The minimum absolute atomic E-state index is 0.0151. The van der Waals surface area contributed by atoms with Gasteiger partial charge < -0.3 is 20.1 Å². The summed E-state index contributed by atoms with van der Waals surface area (Å²) < 4.78 is 6.23. The molecule has 0 unspecified atom stereocenters. The molecule has 1 amide bonds. The van der Waals surface area contributed by atoms with Crippen LogP contribution in [0, 0.1) is 6.92 Å². The molecule has 3 heterocycles. The number of rotatable bonds is 4. The zero-order chi connectivity index (χ0) is 21.5. The van der Waals surface area contributed by atoms with Gasteiger partial charge >= 0.3 is 0 Å². The molecule has 0 radical (unpaired) electrons. The van der Waals surface area contributed by atoms with Crippen molar-refractivity contribution >= 4 is 48.9 Å². The minimum atomic E-state index is 0.0151. The molecule has 0 saturated carbocycles. The van der Waals surface area contributed by atoms with Crippen molar-refractivity contribution in [3.05, 3.63) is 64.0 Å². The summed E-state index contributed by atoms with van der Waals surface area (Å²) in [6, 6.07) is 13.6. The Bertz CT molecular complexity index is 1260. The Balaban J connectivity index is 1.34. The standard InChI is InChI=1S/C23H21N3O3S2/c1-13-5-3-4-6-16(13)24-23-25-21-19(31-23)11-20(30-21)22(28)26-8-7-14-9-17(27)18(29-2)10-15(14)12-26/h3-6,9-11,27H,7-8,12H2,1-2H3,(H,24,25). The summed E-state index contributed by atoms with van der Waals surface area (Å²) in [5.41, 5.74) is 4.26. The first-order valence-electron chi connectivity index (χ1n) is 9.93. The lowest BCUT2D eigenvalue weighted by atomic mass is 9.98. The summed E-state index contributed by atoms with van der Waals surface area (Å²) in [7, 11) is 1.53. The molecule has 4 aromatic rings. The first kappa shape index (κ1) is 19.8. The van der Waals surface area contributed by atoms with Crippen LogP contribution < -0.4 is 10.1 Å². The lowest BCUT2D eigenvalue weighted by Gasteiger charge is -2.29. The highest BCUT2D eigenvalue weighted by atomic mass is 32.1. The van der Waals surface area contributed by atoms with Crippen molar-refractivity contribution in [3.8, 4) is 11.5 Å². The average Bonchev–Trinajstić information content (AvgIpc) is 3.33. The molecule has 2 N–H and O–H groups in total. The zero-order valence-corrected chi connectivity index (χ0v) is 18.8. The normalized spacial score (nSPS) is 13.3. The van der Waals surface area contributed by atoms with E-state index in [9.17, 15) is 9.90 Å². The highest BCUT2D eigenvalue weighted by molar-refractivity contribution is 7.29. The van der Waals surface area contributed by atoms with Crippen molar-refractivity contribution in [1.29, 1.82) is 0 Å². The smallest absolute Gasteiger partial charge is 0.264 e. The van der Waals surface area contributed by atoms with Crippen LogP contribution in [-0.4, -0.2) is 34.6 Å². The molecule has 1 aliphatic rings. The number of para-hydroxylation sites is 1. The van der Waals surface area contributed by atoms with E-state index in [1.165, 1.54) is 18.4 Å². The van der Waals surface area contributed by atoms with Crippen LogP contribution in [0.2, 0.25) is 0 Å². The average molecular weight is 452 g/mol. The fraction of sp³-hybridized carbons (Fsp3) is 0.217. The van der Waals surface area contributed by atoms with Crippen LogP contribution in [0.4, 0.5) is 10.8 Å². The molecule has 6 nitrogen and oxygen atoms in total. The number of phenolic OH excluding ortho intramolecular Hbond substituents is 1. The summed E-state index contributed by atoms with van der Waals surface area (Å²) in [4.78, 5) is 21.2. The van der Waals surface area contributed by atoms with E-state index in [1.807, 2.05) is 35.2 Å². The van der Waals surface area contributed by atoms with Crippen molar-refractivity contribution in [2.24, 2.45) is 0 Å². The molecule has 0 fully saturated rings. The number of nitrogens with zero attached hydrogens (tertiary/aromatic N) is 2. The number of methoxy groups -OCH3 is 1. The van der Waals surface area contributed by atoms with Crippen LogP contribution in [0.5, 0.6) is 11.5 Å². The largest absolute Gasteiger partial charge is 0.504 e. The Hall–Kier alpha value is -3.10. The van der Waals surface area contributed by atoms with E-state index in [2.05, 4.69) is 23.3 Å². The number of aromatic hydroxyl groups is 1. The molecule has 0 bridgehead atoms. The summed E-state index contributed by atoms with van der Waals surface area (Å²) in [6.07, 6.45) is 0.709. The van der Waals surface area contributed by atoms with Gasteiger partial charge in [0.05, 0.1) is 16.7 Å². The molecule has 8 heteroatoms. The number of aryl methyl sites for hydroxylation is 1. The van der Waals surface area contributed by atoms with Crippen molar-refractivity contribution in [1.82, 2.24) is 9.88 Å². The number of thiophene rings is 1. The number of aromatic nitrogens is 1. The van der Waals surface area contributed by atoms with Gasteiger partial charge in [0.1, 0.15) is 4.83 Å². The van der Waals surface area contributed by atoms with Gasteiger partial charge in [-0.2, -0.15) is 0 Å². The predicted octanol–water partition coefficient (Wildman–Crippen LogP) is 5.32. The first-order valence-corrected chi connectivity index (χ1v) is 11.6. The fourth-order valence-electron chi connectivity index (χ4n) is 3.79. The van der Waals surface area contributed by atoms with Gasteiger partial charge in [0.15, 0.2) is 16.6 Å². The Morgan fingerprint density at radius 3 is 2.81 bits per heavy atom. The number of ether oxygens (including phenoxy) is 1. The lowest BCUT2D eigenvalue weighted by Crippen LogP contribution is -2.35. The maximum Gasteiger partial charge on any atom is 0.264 e. The highest BCUT2D eigenvalue weighted by Gasteiger charge is 2.25. The number of benzene rings is 2. The summed E-state index contributed by atoms with van der Waals surface area (Å²) in [6.45, 7) is 3.18. The number of nitrogens with one attached hydrogen (secondary N) is 1. The molecule has 0 spiro atoms. The zero-order valence-electron chi connectivity index (χ0n) is 17.1. The van der Waals surface area contributed by atoms with Gasteiger partial charge in [-0.3, -0.25) is 4.79 Å². The third-order valence-corrected chi connectivity index (χ3v) is 7.55. The van der Waals surface area contributed by atoms with Gasteiger partial charge in [0.2, 0.25) is 0 Å². The Kier molecular flexibility index (Phi) is 5.03. The monoisotopic (exact) mass is 451 g/mol. The van der Waals surface area contributed by atoms with Crippen LogP contribution in [0.3, 0.4) is 0 Å². The second-order valence-electron chi connectivity index (χ2n) is 7.51. The van der Waals surface area contributed by atoms with E-state index in [-0.39, 0.29) is 11.7 Å². The summed E-state index contributed by atoms with van der Waals surface area (Å²) in [5.74, 6) is 0.588. The number of phenols is 1. The van der Waals surface area contributed by atoms with Crippen LogP contribution >= 0.6 is 22.7 Å². The topological polar surface area (TPSA) is 74.7 Å². The van der Waals surface area contributed by atoms with Crippen molar-refractivity contribution in [2.45, 2.75) is 19.9 Å². The number of amides is 1. The van der Waals surface area contributed by atoms with Crippen LogP contribution in [0.15, 0.2) is 42.5 Å². The van der Waals surface area contributed by atoms with Gasteiger partial charge in [-0.05, 0) is 54.3 Å². The third kappa shape index (κ3) is 3.73. The molecule has 0 atom stereocenters. The van der Waals surface area contributed by atoms with Crippen LogP contribution in [0.25, 0.3) is 9.53 Å². The molecular weight excluding hydrogens is 430 g/mol. The highest BCUT2D eigenvalue weighted by Crippen LogP contribution is 2.36. The van der Waals surface area contributed by atoms with E-state index >= 15 is 0 Å². The predicted molar refractivity (Wildman–Crippen MR) is 125 cm³/mol. The second kappa shape index (κ2) is 7.86. The number of carbonyl (C=O) groups is 1. The maximum atomic E-state index is 13.1. The first-order chi connectivity index (χ1) is 15.0. The molecule has 0 saturated heterocycles. The summed E-state index contributed by atoms with van der Waals surface area (Å²) >= 11 is 2.98. The Morgan fingerprint density at radius 1 is 1.19 bits per heavy atom. The minimum Gasteiger partial charge on any atom is -0.504 e. The lowest BCUT2D eigenvalue weighted by molar-refractivity contribution is 0.0739. The second-order valence-corrected chi connectivity index (χ2v) is 9.57. The van der Waals surface area contributed by atoms with Gasteiger partial charge in [-0.15, -0.1) is 11.3 Å². The van der Waals surface area contributed by atoms with Gasteiger partial charge in [-0.1, -0.05) is 29.5 Å². The Labute approximate surface area is 187 Å². The van der Waals surface area contributed by atoms with Gasteiger partial charge in [0.25, 0.3) is 5.91 Å². The van der Waals surface area contributed by atoms with E-state index in [0.29, 0.717) is 30.1 Å². The fourth-order valence-corrected chi connectivity index (χ4v) is 5.88. The third-order valence-electron chi connectivity index (χ3n) is 5.49. The molecule has 1 aliphatic heterocycles. The molecule has 31 heavy (non-hydrogen) atoms. The van der Waals surface area contributed by atoms with E-state index < -0.39 is 0 Å². The van der Waals surface area contributed by atoms with E-state index in [4.69, 9.17) is 4.74 Å². The number of carbonyl (C=O) groups excluding carboxylic acids is 1. The molecule has 5 rings (SSSR count). The van der Waals surface area contributed by atoms with Crippen LogP contribution in [-0.2, 0) is 13.0 Å². The number of hydrogen-bond donors (Lipinski definition) is 2.